The molecule has 1 aliphatic rings. The molecule has 2 N–H and O–H groups in total. The van der Waals surface area contributed by atoms with Crippen molar-refractivity contribution in [3.63, 3.8) is 0 Å². The summed E-state index contributed by atoms with van der Waals surface area (Å²) in [6.45, 7) is 9.83. The molecule has 9 heteroatoms. The molecule has 5 rings (SSSR count). The molecule has 1 aliphatic heterocycles. The Morgan fingerprint density at radius 3 is 2.08 bits per heavy atom. The SMILES string of the molecule is C=CCO[C@@H]1C[C@H]([C@@H](O)[C@H](Cc2cc(F)cc(F)c2)NC(=O)c2cccc(C(=O)N(CCC)CCC)c2)N(C(c2ccccc2)c2ccccc2)C1. The van der Waals surface area contributed by atoms with Crippen molar-refractivity contribution < 1.29 is 28.2 Å². The number of hydrogen-bond donors (Lipinski definition) is 2. The number of carbonyl (C=O) groups excluding carboxylic acids is 2. The highest BCUT2D eigenvalue weighted by atomic mass is 19.1. The molecule has 1 saturated heterocycles. The van der Waals surface area contributed by atoms with Crippen molar-refractivity contribution in [3.8, 4) is 0 Å². The molecule has 0 radical (unpaired) electrons. The molecule has 4 aromatic carbocycles. The molecule has 2 amide bonds. The summed E-state index contributed by atoms with van der Waals surface area (Å²) in [4.78, 5) is 31.4. The molecular weight excluding hydrogens is 660 g/mol. The zero-order chi connectivity index (χ0) is 37.0. The summed E-state index contributed by atoms with van der Waals surface area (Å²) in [7, 11) is 0. The van der Waals surface area contributed by atoms with Crippen LogP contribution in [0.5, 0.6) is 0 Å². The number of halogens is 2. The molecule has 7 nitrogen and oxygen atoms in total. The van der Waals surface area contributed by atoms with Gasteiger partial charge in [-0.25, -0.2) is 8.78 Å². The topological polar surface area (TPSA) is 82.1 Å². The minimum absolute atomic E-state index is 0.0507. The van der Waals surface area contributed by atoms with E-state index in [4.69, 9.17) is 4.74 Å². The Morgan fingerprint density at radius 1 is 0.904 bits per heavy atom. The minimum atomic E-state index is -1.20. The van der Waals surface area contributed by atoms with Gasteiger partial charge in [0.05, 0.1) is 30.9 Å². The van der Waals surface area contributed by atoms with E-state index in [9.17, 15) is 23.5 Å². The standard InChI is InChI=1S/C43H49F2N3O4/c1-4-20-47(21-5-2)43(51)34-19-13-18-33(26-34)42(50)46-38(25-30-23-35(44)27-36(45)24-30)41(49)39-28-37(52-22-6-3)29-48(39)40(31-14-9-7-10-15-31)32-16-11-8-12-17-32/h6-19,23-24,26-27,37-41,49H,3-5,20-22,25,28-29H2,1-2H3,(H,46,50)/t37-,38+,39-,41+/m1/s1. The average Bonchev–Trinajstić information content (AvgIpc) is 3.57. The molecule has 4 aromatic rings. The number of benzene rings is 4. The first-order valence-corrected chi connectivity index (χ1v) is 18.1. The van der Waals surface area contributed by atoms with E-state index in [0.29, 0.717) is 38.2 Å². The summed E-state index contributed by atoms with van der Waals surface area (Å²) >= 11 is 0. The fourth-order valence-corrected chi connectivity index (χ4v) is 7.24. The highest BCUT2D eigenvalue weighted by molar-refractivity contribution is 5.99. The van der Waals surface area contributed by atoms with E-state index in [0.717, 1.165) is 30.0 Å². The van der Waals surface area contributed by atoms with E-state index in [-0.39, 0.29) is 35.6 Å². The van der Waals surface area contributed by atoms with Crippen molar-refractivity contribution in [2.24, 2.45) is 0 Å². The predicted octanol–water partition coefficient (Wildman–Crippen LogP) is 7.36. The highest BCUT2D eigenvalue weighted by Crippen LogP contribution is 2.37. The van der Waals surface area contributed by atoms with Crippen LogP contribution in [0.3, 0.4) is 0 Å². The van der Waals surface area contributed by atoms with Gasteiger partial charge in [-0.15, -0.1) is 6.58 Å². The van der Waals surface area contributed by atoms with Crippen molar-refractivity contribution in [1.82, 2.24) is 15.1 Å². The summed E-state index contributed by atoms with van der Waals surface area (Å²) in [6, 6.07) is 28.0. The van der Waals surface area contributed by atoms with Crippen molar-refractivity contribution in [3.05, 3.63) is 155 Å². The van der Waals surface area contributed by atoms with Crippen LogP contribution in [0.2, 0.25) is 0 Å². The molecule has 0 aliphatic carbocycles. The van der Waals surface area contributed by atoms with Crippen LogP contribution in [0, 0.1) is 11.6 Å². The van der Waals surface area contributed by atoms with E-state index < -0.39 is 35.7 Å². The van der Waals surface area contributed by atoms with Gasteiger partial charge in [0.25, 0.3) is 11.8 Å². The third-order valence-electron chi connectivity index (χ3n) is 9.50. The molecule has 274 valence electrons. The maximum atomic E-state index is 14.5. The van der Waals surface area contributed by atoms with Crippen LogP contribution < -0.4 is 5.32 Å². The fraction of sp³-hybridized carbons (Fsp3) is 0.349. The quantitative estimate of drug-likeness (QED) is 0.112. The van der Waals surface area contributed by atoms with Gasteiger partial charge >= 0.3 is 0 Å². The third-order valence-corrected chi connectivity index (χ3v) is 9.50. The number of aliphatic hydroxyl groups is 1. The molecule has 0 unspecified atom stereocenters. The molecule has 0 bridgehead atoms. The summed E-state index contributed by atoms with van der Waals surface area (Å²) < 4.78 is 35.1. The summed E-state index contributed by atoms with van der Waals surface area (Å²) in [5, 5.41) is 15.4. The number of amides is 2. The largest absolute Gasteiger partial charge is 0.389 e. The van der Waals surface area contributed by atoms with Crippen LogP contribution in [0.4, 0.5) is 8.78 Å². The van der Waals surface area contributed by atoms with Crippen molar-refractivity contribution in [2.45, 2.75) is 69.9 Å². The third kappa shape index (κ3) is 9.79. The predicted molar refractivity (Wildman–Crippen MR) is 200 cm³/mol. The number of nitrogens with zero attached hydrogens (tertiary/aromatic N) is 2. The number of likely N-dealkylation sites (tertiary alicyclic amines) is 1. The number of aliphatic hydroxyl groups excluding tert-OH is 1. The summed E-state index contributed by atoms with van der Waals surface area (Å²) in [5.74, 6) is -2.18. The Hall–Kier alpha value is -4.70. The van der Waals surface area contributed by atoms with Gasteiger partial charge in [0, 0.05) is 42.9 Å². The first kappa shape index (κ1) is 38.5. The van der Waals surface area contributed by atoms with Crippen LogP contribution in [0.25, 0.3) is 0 Å². The zero-order valence-corrected chi connectivity index (χ0v) is 30.0. The lowest BCUT2D eigenvalue weighted by molar-refractivity contribution is 0.0299. The Balaban J connectivity index is 1.51. The Labute approximate surface area is 305 Å². The van der Waals surface area contributed by atoms with E-state index in [1.807, 2.05) is 74.5 Å². The number of rotatable bonds is 17. The molecule has 52 heavy (non-hydrogen) atoms. The Morgan fingerprint density at radius 2 is 1.50 bits per heavy atom. The number of ether oxygens (including phenoxy) is 1. The molecule has 1 heterocycles. The second kappa shape index (κ2) is 18.7. The lowest BCUT2D eigenvalue weighted by Gasteiger charge is -2.38. The van der Waals surface area contributed by atoms with Gasteiger partial charge in [0.1, 0.15) is 11.6 Å². The van der Waals surface area contributed by atoms with E-state index in [1.165, 1.54) is 12.1 Å². The second-order valence-electron chi connectivity index (χ2n) is 13.4. The van der Waals surface area contributed by atoms with Gasteiger partial charge in [-0.1, -0.05) is 86.7 Å². The molecule has 4 atom stereocenters. The summed E-state index contributed by atoms with van der Waals surface area (Å²) in [5.41, 5.74) is 2.95. The maximum absolute atomic E-state index is 14.5. The van der Waals surface area contributed by atoms with Gasteiger partial charge in [-0.05, 0) is 72.7 Å². The highest BCUT2D eigenvalue weighted by Gasteiger charge is 2.44. The smallest absolute Gasteiger partial charge is 0.253 e. The lowest BCUT2D eigenvalue weighted by Crippen LogP contribution is -2.54. The van der Waals surface area contributed by atoms with Crippen molar-refractivity contribution in [1.29, 1.82) is 0 Å². The van der Waals surface area contributed by atoms with E-state index >= 15 is 0 Å². The second-order valence-corrected chi connectivity index (χ2v) is 13.4. The Kier molecular flexibility index (Phi) is 13.8. The van der Waals surface area contributed by atoms with E-state index in [2.05, 4.69) is 16.8 Å². The van der Waals surface area contributed by atoms with Crippen LogP contribution in [-0.2, 0) is 11.2 Å². The van der Waals surface area contributed by atoms with Gasteiger partial charge < -0.3 is 20.1 Å². The Bertz CT molecular complexity index is 1710. The van der Waals surface area contributed by atoms with Crippen LogP contribution in [0.15, 0.2) is 116 Å². The number of hydrogen-bond acceptors (Lipinski definition) is 5. The zero-order valence-electron chi connectivity index (χ0n) is 30.0. The minimum Gasteiger partial charge on any atom is -0.389 e. The van der Waals surface area contributed by atoms with Crippen LogP contribution in [0.1, 0.15) is 76.6 Å². The van der Waals surface area contributed by atoms with Gasteiger partial charge in [-0.2, -0.15) is 0 Å². The molecule has 0 spiro atoms. The first-order valence-electron chi connectivity index (χ1n) is 18.1. The first-order chi connectivity index (χ1) is 25.2. The number of carbonyl (C=O) groups is 2. The molecule has 0 saturated carbocycles. The normalized spacial score (nSPS) is 17.1. The van der Waals surface area contributed by atoms with E-state index in [1.54, 1.807) is 35.2 Å². The fourth-order valence-electron chi connectivity index (χ4n) is 7.24. The van der Waals surface area contributed by atoms with Crippen LogP contribution >= 0.6 is 0 Å². The molecule has 1 fully saturated rings. The summed E-state index contributed by atoms with van der Waals surface area (Å²) in [6.07, 6.45) is 2.22. The average molecular weight is 710 g/mol. The van der Waals surface area contributed by atoms with Gasteiger partial charge in [0.15, 0.2) is 0 Å². The maximum Gasteiger partial charge on any atom is 0.253 e. The molecular formula is C43H49F2N3O4. The number of nitrogens with one attached hydrogen (secondary N) is 1. The van der Waals surface area contributed by atoms with Gasteiger partial charge in [-0.3, -0.25) is 14.5 Å². The van der Waals surface area contributed by atoms with Crippen molar-refractivity contribution in [2.75, 3.05) is 26.2 Å². The molecule has 0 aromatic heterocycles. The van der Waals surface area contributed by atoms with Crippen LogP contribution in [-0.4, -0.2) is 77.3 Å². The van der Waals surface area contributed by atoms with Crippen molar-refractivity contribution >= 4 is 11.8 Å². The lowest BCUT2D eigenvalue weighted by atomic mass is 9.91. The monoisotopic (exact) mass is 709 g/mol. The van der Waals surface area contributed by atoms with Gasteiger partial charge in [0.2, 0.25) is 0 Å².